The van der Waals surface area contributed by atoms with E-state index in [1.807, 2.05) is 0 Å². The van der Waals surface area contributed by atoms with Crippen molar-refractivity contribution in [3.63, 3.8) is 0 Å². The second-order valence-corrected chi connectivity index (χ2v) is 6.43. The first-order chi connectivity index (χ1) is 10.0. The van der Waals surface area contributed by atoms with E-state index < -0.39 is 11.4 Å². The first-order valence-corrected chi connectivity index (χ1v) is 7.98. The molecule has 0 saturated heterocycles. The van der Waals surface area contributed by atoms with Gasteiger partial charge < -0.3 is 15.7 Å². The molecule has 0 spiro atoms. The van der Waals surface area contributed by atoms with Crippen LogP contribution < -0.4 is 10.6 Å². The van der Waals surface area contributed by atoms with E-state index in [0.717, 1.165) is 32.1 Å². The molecule has 0 aliphatic heterocycles. The van der Waals surface area contributed by atoms with E-state index in [1.54, 1.807) is 6.92 Å². The van der Waals surface area contributed by atoms with Gasteiger partial charge in [-0.15, -0.1) is 0 Å². The molecule has 0 bridgehead atoms. The van der Waals surface area contributed by atoms with Crippen LogP contribution >= 0.6 is 0 Å². The number of carboxylic acid groups (broad SMARTS) is 1. The van der Waals surface area contributed by atoms with Gasteiger partial charge in [0.05, 0.1) is 5.41 Å². The number of allylic oxidation sites excluding steroid dienone is 1. The Hall–Kier alpha value is -1.52. The Morgan fingerprint density at radius 2 is 2.19 bits per heavy atom. The first kappa shape index (κ1) is 15.9. The predicted molar refractivity (Wildman–Crippen MR) is 81.1 cm³/mol. The summed E-state index contributed by atoms with van der Waals surface area (Å²) in [6, 6.07) is -0.519. The van der Waals surface area contributed by atoms with Crippen molar-refractivity contribution in [2.24, 2.45) is 5.41 Å². The highest BCUT2D eigenvalue weighted by molar-refractivity contribution is 5.79. The van der Waals surface area contributed by atoms with Crippen LogP contribution in [-0.4, -0.2) is 29.7 Å². The van der Waals surface area contributed by atoms with Gasteiger partial charge in [0.1, 0.15) is 0 Å². The van der Waals surface area contributed by atoms with Crippen LogP contribution in [0.1, 0.15) is 58.3 Å². The quantitative estimate of drug-likeness (QED) is 0.682. The summed E-state index contributed by atoms with van der Waals surface area (Å²) in [6.07, 6.45) is 10.2. The molecule has 2 atom stereocenters. The van der Waals surface area contributed by atoms with E-state index in [0.29, 0.717) is 13.0 Å². The molecule has 2 amide bonds. The lowest BCUT2D eigenvalue weighted by atomic mass is 9.85. The van der Waals surface area contributed by atoms with Crippen LogP contribution in [0.2, 0.25) is 0 Å². The van der Waals surface area contributed by atoms with E-state index >= 15 is 0 Å². The molecule has 3 N–H and O–H groups in total. The highest BCUT2D eigenvalue weighted by Crippen LogP contribution is 2.38. The summed E-state index contributed by atoms with van der Waals surface area (Å²) in [5.74, 6) is -0.822. The fourth-order valence-corrected chi connectivity index (χ4v) is 3.33. The minimum Gasteiger partial charge on any atom is -0.481 e. The number of carbonyl (C=O) groups excluding carboxylic acids is 1. The summed E-state index contributed by atoms with van der Waals surface area (Å²) in [5.41, 5.74) is 0.598. The summed E-state index contributed by atoms with van der Waals surface area (Å²) >= 11 is 0. The molecule has 0 aromatic rings. The van der Waals surface area contributed by atoms with Gasteiger partial charge in [0.2, 0.25) is 0 Å². The Bertz CT molecular complexity index is 433. The maximum absolute atomic E-state index is 11.9. The number of carbonyl (C=O) groups is 2. The van der Waals surface area contributed by atoms with E-state index in [-0.39, 0.29) is 12.1 Å². The molecule has 1 fully saturated rings. The van der Waals surface area contributed by atoms with Gasteiger partial charge in [-0.3, -0.25) is 4.79 Å². The van der Waals surface area contributed by atoms with Gasteiger partial charge in [-0.2, -0.15) is 0 Å². The summed E-state index contributed by atoms with van der Waals surface area (Å²) in [6.45, 7) is 2.34. The Labute approximate surface area is 126 Å². The lowest BCUT2D eigenvalue weighted by Crippen LogP contribution is -2.50. The number of nitrogens with one attached hydrogen (secondary N) is 2. The van der Waals surface area contributed by atoms with Crippen LogP contribution in [0.4, 0.5) is 4.79 Å². The van der Waals surface area contributed by atoms with Gasteiger partial charge in [-0.1, -0.05) is 18.1 Å². The van der Waals surface area contributed by atoms with E-state index in [9.17, 15) is 14.7 Å². The summed E-state index contributed by atoms with van der Waals surface area (Å²) in [5, 5.41) is 15.0. The molecule has 0 aromatic carbocycles. The van der Waals surface area contributed by atoms with Crippen LogP contribution in [0, 0.1) is 5.41 Å². The lowest BCUT2D eigenvalue weighted by molar-refractivity contribution is -0.148. The number of amides is 2. The average Bonchev–Trinajstić information content (AvgIpc) is 2.83. The highest BCUT2D eigenvalue weighted by atomic mass is 16.4. The van der Waals surface area contributed by atoms with E-state index in [1.165, 1.54) is 18.4 Å². The molecule has 5 nitrogen and oxygen atoms in total. The maximum atomic E-state index is 11.9. The van der Waals surface area contributed by atoms with Crippen LogP contribution in [-0.2, 0) is 4.79 Å². The molecule has 5 heteroatoms. The van der Waals surface area contributed by atoms with Gasteiger partial charge in [0.15, 0.2) is 0 Å². The molecule has 2 aliphatic rings. The van der Waals surface area contributed by atoms with Gasteiger partial charge in [0.25, 0.3) is 0 Å². The van der Waals surface area contributed by atoms with Crippen LogP contribution in [0.5, 0.6) is 0 Å². The van der Waals surface area contributed by atoms with Crippen molar-refractivity contribution < 1.29 is 14.7 Å². The molecule has 0 heterocycles. The standard InChI is InChI=1S/C16H26N2O3/c1-16(14(19)20)10-5-8-13(16)18-15(21)17-11-9-12-6-3-2-4-7-12/h6,13H,2-5,7-11H2,1H3,(H,19,20)(H2,17,18,21). The second kappa shape index (κ2) is 6.96. The summed E-state index contributed by atoms with van der Waals surface area (Å²) in [4.78, 5) is 23.3. The number of aliphatic carboxylic acids is 1. The van der Waals surface area contributed by atoms with Crippen LogP contribution in [0.25, 0.3) is 0 Å². The summed E-state index contributed by atoms with van der Waals surface area (Å²) < 4.78 is 0. The zero-order valence-electron chi connectivity index (χ0n) is 12.8. The van der Waals surface area contributed by atoms with Gasteiger partial charge in [-0.05, 0) is 51.9 Å². The number of carboxylic acids is 1. The van der Waals surface area contributed by atoms with Crippen molar-refractivity contribution in [1.82, 2.24) is 10.6 Å². The summed E-state index contributed by atoms with van der Waals surface area (Å²) in [7, 11) is 0. The molecule has 2 aliphatic carbocycles. The lowest BCUT2D eigenvalue weighted by Gasteiger charge is -2.27. The fourth-order valence-electron chi connectivity index (χ4n) is 3.33. The van der Waals surface area contributed by atoms with Gasteiger partial charge >= 0.3 is 12.0 Å². The zero-order chi connectivity index (χ0) is 15.3. The third-order valence-corrected chi connectivity index (χ3v) is 4.87. The van der Waals surface area contributed by atoms with Crippen molar-refractivity contribution in [3.05, 3.63) is 11.6 Å². The highest BCUT2D eigenvalue weighted by Gasteiger charge is 2.45. The smallest absolute Gasteiger partial charge is 0.315 e. The average molecular weight is 294 g/mol. The fraction of sp³-hybridized carbons (Fsp3) is 0.750. The van der Waals surface area contributed by atoms with E-state index in [4.69, 9.17) is 0 Å². The maximum Gasteiger partial charge on any atom is 0.315 e. The number of hydrogen-bond donors (Lipinski definition) is 3. The molecular weight excluding hydrogens is 268 g/mol. The third-order valence-electron chi connectivity index (χ3n) is 4.87. The monoisotopic (exact) mass is 294 g/mol. The number of rotatable bonds is 5. The number of urea groups is 1. The van der Waals surface area contributed by atoms with Crippen molar-refractivity contribution in [2.45, 2.75) is 64.3 Å². The largest absolute Gasteiger partial charge is 0.481 e. The Morgan fingerprint density at radius 3 is 2.86 bits per heavy atom. The van der Waals surface area contributed by atoms with Gasteiger partial charge in [0, 0.05) is 12.6 Å². The molecule has 0 radical (unpaired) electrons. The third kappa shape index (κ3) is 3.99. The van der Waals surface area contributed by atoms with Crippen molar-refractivity contribution in [3.8, 4) is 0 Å². The van der Waals surface area contributed by atoms with Crippen LogP contribution in [0.15, 0.2) is 11.6 Å². The van der Waals surface area contributed by atoms with Gasteiger partial charge in [-0.25, -0.2) is 4.79 Å². The Balaban J connectivity index is 1.74. The topological polar surface area (TPSA) is 78.4 Å². The SMILES string of the molecule is CC1(C(=O)O)CCCC1NC(=O)NCCC1=CCCCC1. The Morgan fingerprint density at radius 1 is 1.38 bits per heavy atom. The molecule has 118 valence electrons. The predicted octanol–water partition coefficient (Wildman–Crippen LogP) is 2.82. The molecule has 21 heavy (non-hydrogen) atoms. The van der Waals surface area contributed by atoms with Crippen molar-refractivity contribution in [2.75, 3.05) is 6.54 Å². The molecule has 1 saturated carbocycles. The zero-order valence-corrected chi connectivity index (χ0v) is 12.8. The molecule has 2 rings (SSSR count). The Kier molecular flexibility index (Phi) is 5.26. The minimum absolute atomic E-state index is 0.245. The van der Waals surface area contributed by atoms with Crippen molar-refractivity contribution >= 4 is 12.0 Å². The van der Waals surface area contributed by atoms with E-state index in [2.05, 4.69) is 16.7 Å². The number of hydrogen-bond acceptors (Lipinski definition) is 2. The normalized spacial score (nSPS) is 28.8. The first-order valence-electron chi connectivity index (χ1n) is 7.98. The minimum atomic E-state index is -0.830. The van der Waals surface area contributed by atoms with Crippen molar-refractivity contribution in [1.29, 1.82) is 0 Å². The second-order valence-electron chi connectivity index (χ2n) is 6.43. The van der Waals surface area contributed by atoms with Crippen LogP contribution in [0.3, 0.4) is 0 Å². The molecule has 0 aromatic heterocycles. The molecule has 2 unspecified atom stereocenters. The molecular formula is C16H26N2O3.